The van der Waals surface area contributed by atoms with Crippen LogP contribution in [0.4, 0.5) is 11.4 Å². The highest BCUT2D eigenvalue weighted by atomic mass is 32.2. The Morgan fingerprint density at radius 1 is 0.949 bits per heavy atom. The van der Waals surface area contributed by atoms with Gasteiger partial charge in [-0.15, -0.1) is 0 Å². The number of nitro groups is 2. The summed E-state index contributed by atoms with van der Waals surface area (Å²) in [6.07, 6.45) is 0. The lowest BCUT2D eigenvalue weighted by Crippen LogP contribution is -2.43. The van der Waals surface area contributed by atoms with Crippen molar-refractivity contribution in [1.29, 1.82) is 0 Å². The Balaban J connectivity index is 1.98. The Morgan fingerprint density at radius 3 is 2.15 bits per heavy atom. The zero-order valence-electron chi connectivity index (χ0n) is 19.3. The first-order valence-electron chi connectivity index (χ1n) is 10.2. The molecule has 0 saturated carbocycles. The first-order chi connectivity index (χ1) is 18.4. The molecule has 1 atom stereocenters. The lowest BCUT2D eigenvalue weighted by atomic mass is 10.2. The van der Waals surface area contributed by atoms with Crippen molar-refractivity contribution < 1.29 is 45.3 Å². The van der Waals surface area contributed by atoms with Gasteiger partial charge in [-0.05, 0) is 34.2 Å². The summed E-state index contributed by atoms with van der Waals surface area (Å²) in [6.45, 7) is 0. The summed E-state index contributed by atoms with van der Waals surface area (Å²) < 4.78 is 66.8. The minimum absolute atomic E-state index is 0.0266. The molecule has 0 saturated heterocycles. The Labute approximate surface area is 220 Å². The van der Waals surface area contributed by atoms with Crippen LogP contribution in [0.5, 0.6) is 11.5 Å². The fraction of sp³-hybridized carbons (Fsp3) is 0.0500. The highest BCUT2D eigenvalue weighted by molar-refractivity contribution is 7.85. The molecule has 0 aliphatic heterocycles. The van der Waals surface area contributed by atoms with Crippen LogP contribution in [-0.2, 0) is 21.5 Å². The van der Waals surface area contributed by atoms with Crippen molar-refractivity contribution in [3.63, 3.8) is 0 Å². The maximum atomic E-state index is 11.5. The third-order valence-electron chi connectivity index (χ3n) is 5.08. The van der Waals surface area contributed by atoms with Gasteiger partial charge in [0.1, 0.15) is 27.2 Å². The summed E-state index contributed by atoms with van der Waals surface area (Å²) in [4.78, 5) is 22.5. The molecule has 0 radical (unpaired) electrons. The number of hydrogen-bond acceptors (Lipinski definition) is 13. The van der Waals surface area contributed by atoms with Gasteiger partial charge in [0.25, 0.3) is 11.4 Å². The fourth-order valence-corrected chi connectivity index (χ4v) is 4.12. The van der Waals surface area contributed by atoms with Crippen LogP contribution < -0.4 is 13.7 Å². The summed E-state index contributed by atoms with van der Waals surface area (Å²) in [7, 11) is -3.74. The third-order valence-corrected chi connectivity index (χ3v) is 6.23. The molecule has 3 aromatic carbocycles. The standard InChI is InChI=1S/C20H14N6O11S2/c1-36-19-10-14(26(29)30)6-9-17(19)24-22-20(21-23(24)12-2-4-13(5-3-12)25(27)28)16-8-7-15(39(33,34)35)11-18(16)37-38(31)32/h2-11H,1H3,(H-,31,32,33,34,35)/p-1. The monoisotopic (exact) mass is 577 g/mol. The number of ether oxygens (including phenoxy) is 1. The van der Waals surface area contributed by atoms with Gasteiger partial charge in [0.15, 0.2) is 11.5 Å². The van der Waals surface area contributed by atoms with E-state index in [1.54, 1.807) is 0 Å². The van der Waals surface area contributed by atoms with Gasteiger partial charge in [-0.2, -0.15) is 0 Å². The van der Waals surface area contributed by atoms with Crippen molar-refractivity contribution in [3.8, 4) is 34.3 Å². The molecule has 39 heavy (non-hydrogen) atoms. The Morgan fingerprint density at radius 2 is 1.59 bits per heavy atom. The Hall–Kier alpha value is -4.85. The molecule has 1 unspecified atom stereocenters. The first kappa shape index (κ1) is 27.2. The molecular formula is C20H13N6O11S2-. The average molecular weight is 577 g/mol. The van der Waals surface area contributed by atoms with E-state index in [4.69, 9.17) is 4.74 Å². The molecule has 202 valence electrons. The van der Waals surface area contributed by atoms with Gasteiger partial charge in [-0.25, -0.2) is 12.6 Å². The molecular weight excluding hydrogens is 564 g/mol. The van der Waals surface area contributed by atoms with E-state index in [1.807, 2.05) is 0 Å². The number of nitrogens with zero attached hydrogens (tertiary/aromatic N) is 6. The summed E-state index contributed by atoms with van der Waals surface area (Å²) in [5, 5.41) is 30.9. The molecule has 1 aromatic heterocycles. The van der Waals surface area contributed by atoms with Crippen LogP contribution in [0.3, 0.4) is 0 Å². The molecule has 0 bridgehead atoms. The molecule has 4 aromatic rings. The summed E-state index contributed by atoms with van der Waals surface area (Å²) >= 11 is -3.19. The normalized spacial score (nSPS) is 12.1. The van der Waals surface area contributed by atoms with Crippen molar-refractivity contribution in [3.05, 3.63) is 80.9 Å². The van der Waals surface area contributed by atoms with Gasteiger partial charge < -0.3 is 18.0 Å². The van der Waals surface area contributed by atoms with Crippen LogP contribution in [0.15, 0.2) is 65.6 Å². The predicted molar refractivity (Wildman–Crippen MR) is 126 cm³/mol. The second-order valence-corrected chi connectivity index (χ2v) is 9.34. The number of tetrazole rings is 1. The molecule has 0 spiro atoms. The van der Waals surface area contributed by atoms with Crippen LogP contribution in [0, 0.1) is 20.2 Å². The van der Waals surface area contributed by atoms with Crippen molar-refractivity contribution in [2.24, 2.45) is 0 Å². The summed E-state index contributed by atoms with van der Waals surface area (Å²) in [5.41, 5.74) is -0.397. The van der Waals surface area contributed by atoms with Gasteiger partial charge in [0.05, 0.1) is 38.6 Å². The fourth-order valence-electron chi connectivity index (χ4n) is 3.35. The smallest absolute Gasteiger partial charge is 0.343 e. The molecule has 4 rings (SSSR count). The van der Waals surface area contributed by atoms with E-state index in [0.717, 1.165) is 33.9 Å². The van der Waals surface area contributed by atoms with Gasteiger partial charge in [0.2, 0.25) is 5.69 Å². The lowest BCUT2D eigenvalue weighted by Gasteiger charge is -2.12. The lowest BCUT2D eigenvalue weighted by molar-refractivity contribution is -0.734. The second kappa shape index (κ2) is 10.5. The van der Waals surface area contributed by atoms with Crippen LogP contribution in [0.25, 0.3) is 22.8 Å². The average Bonchev–Trinajstić information content (AvgIpc) is 3.32. The number of benzene rings is 3. The van der Waals surface area contributed by atoms with E-state index >= 15 is 0 Å². The zero-order valence-corrected chi connectivity index (χ0v) is 20.9. The molecule has 0 N–H and O–H groups in total. The van der Waals surface area contributed by atoms with E-state index in [1.165, 1.54) is 37.4 Å². The predicted octanol–water partition coefficient (Wildman–Crippen LogP) is 1.11. The number of nitro benzene ring substituents is 2. The maximum Gasteiger partial charge on any atom is 0.343 e. The van der Waals surface area contributed by atoms with Gasteiger partial charge >= 0.3 is 5.82 Å². The number of rotatable bonds is 9. The molecule has 17 nitrogen and oxygen atoms in total. The summed E-state index contributed by atoms with van der Waals surface area (Å²) in [5.74, 6) is -0.880. The highest BCUT2D eigenvalue weighted by Crippen LogP contribution is 2.31. The molecule has 0 aliphatic rings. The number of non-ortho nitro benzene ring substituents is 2. The van der Waals surface area contributed by atoms with E-state index in [9.17, 15) is 42.0 Å². The molecule has 0 fully saturated rings. The molecule has 1 heterocycles. The minimum Gasteiger partial charge on any atom is -0.744 e. The first-order valence-corrected chi connectivity index (χ1v) is 12.6. The minimum atomic E-state index is -4.99. The molecule has 0 amide bonds. The van der Waals surface area contributed by atoms with Crippen molar-refractivity contribution in [2.75, 3.05) is 7.11 Å². The van der Waals surface area contributed by atoms with Gasteiger partial charge in [0, 0.05) is 35.1 Å². The maximum absolute atomic E-state index is 11.5. The van der Waals surface area contributed by atoms with Crippen molar-refractivity contribution in [1.82, 2.24) is 15.0 Å². The SMILES string of the molecule is COc1cc([N+](=O)[O-])ccc1-[n+]1nc(-c2ccc(S(=O)(=O)[O-])cc2OS(=O)[O-])nn1-c1ccc([N+](=O)[O-])cc1. The Kier molecular flexibility index (Phi) is 7.31. The van der Waals surface area contributed by atoms with Crippen molar-refractivity contribution >= 4 is 32.9 Å². The number of methoxy groups -OCH3 is 1. The third kappa shape index (κ3) is 5.70. The van der Waals surface area contributed by atoms with Crippen LogP contribution in [-0.4, -0.2) is 53.7 Å². The van der Waals surface area contributed by atoms with E-state index in [-0.39, 0.29) is 39.9 Å². The number of aromatic nitrogens is 4. The second-order valence-electron chi connectivity index (χ2n) is 7.39. The Bertz CT molecular complexity index is 1740. The van der Waals surface area contributed by atoms with Crippen LogP contribution in [0.1, 0.15) is 0 Å². The quantitative estimate of drug-likeness (QED) is 0.0891. The van der Waals surface area contributed by atoms with Gasteiger partial charge in [-0.3, -0.25) is 20.2 Å². The van der Waals surface area contributed by atoms with Crippen molar-refractivity contribution in [2.45, 2.75) is 4.90 Å². The van der Waals surface area contributed by atoms with E-state index in [2.05, 4.69) is 14.4 Å². The van der Waals surface area contributed by atoms with E-state index in [0.29, 0.717) is 6.07 Å². The molecule has 0 aliphatic carbocycles. The topological polar surface area (TPSA) is 237 Å². The molecule has 19 heteroatoms. The summed E-state index contributed by atoms with van der Waals surface area (Å²) in [6, 6.07) is 11.2. The number of hydrogen-bond donors (Lipinski definition) is 0. The zero-order chi connectivity index (χ0) is 28.5. The van der Waals surface area contributed by atoms with Crippen LogP contribution >= 0.6 is 0 Å². The van der Waals surface area contributed by atoms with E-state index < -0.39 is 42.0 Å². The largest absolute Gasteiger partial charge is 0.744 e. The van der Waals surface area contributed by atoms with Crippen LogP contribution in [0.2, 0.25) is 0 Å². The van der Waals surface area contributed by atoms with Gasteiger partial charge in [-0.1, -0.05) is 0 Å². The highest BCUT2D eigenvalue weighted by Gasteiger charge is 2.29.